The molecule has 0 saturated heterocycles. The molecule has 0 aromatic heterocycles. The number of ether oxygens (including phenoxy) is 2. The first-order valence-corrected chi connectivity index (χ1v) is 7.76. The summed E-state index contributed by atoms with van der Waals surface area (Å²) in [7, 11) is 0. The highest BCUT2D eigenvalue weighted by Crippen LogP contribution is 2.17. The molecule has 0 spiro atoms. The Morgan fingerprint density at radius 3 is 2.27 bits per heavy atom. The van der Waals surface area contributed by atoms with Gasteiger partial charge in [0.2, 0.25) is 0 Å². The number of hydrogen-bond donors (Lipinski definition) is 0. The van der Waals surface area contributed by atoms with Crippen molar-refractivity contribution in [3.8, 4) is 23.8 Å². The summed E-state index contributed by atoms with van der Waals surface area (Å²) >= 11 is 0. The minimum absolute atomic E-state index is 0.286. The number of allylic oxidation sites excluding steroid dienone is 3. The van der Waals surface area contributed by atoms with Gasteiger partial charge in [-0.25, -0.2) is 0 Å². The summed E-state index contributed by atoms with van der Waals surface area (Å²) in [6.07, 6.45) is 12.9. The van der Waals surface area contributed by atoms with Crippen molar-refractivity contribution in [2.24, 2.45) is 0 Å². The van der Waals surface area contributed by atoms with Gasteiger partial charge < -0.3 is 9.47 Å². The molecule has 0 aliphatic heterocycles. The van der Waals surface area contributed by atoms with Gasteiger partial charge >= 0.3 is 0 Å². The standard InChI is InChI=1S/C20H26O2/c1-5-15-21-19-10-12-20(13-11-19)22-16-14-18(4)9-7-8-17(3)6-2/h1,8,10-14H,6-7,9,15-16H2,2-4H3. The van der Waals surface area contributed by atoms with Crippen molar-refractivity contribution >= 4 is 0 Å². The van der Waals surface area contributed by atoms with Crippen LogP contribution in [0.25, 0.3) is 0 Å². The fourth-order valence-electron chi connectivity index (χ4n) is 1.83. The van der Waals surface area contributed by atoms with E-state index in [1.165, 1.54) is 11.1 Å². The van der Waals surface area contributed by atoms with Crippen molar-refractivity contribution in [3.05, 3.63) is 47.6 Å². The third kappa shape index (κ3) is 7.59. The van der Waals surface area contributed by atoms with E-state index in [0.717, 1.165) is 30.8 Å². The fourth-order valence-corrected chi connectivity index (χ4v) is 1.83. The van der Waals surface area contributed by atoms with Crippen LogP contribution >= 0.6 is 0 Å². The Morgan fingerprint density at radius 1 is 1.05 bits per heavy atom. The summed E-state index contributed by atoms with van der Waals surface area (Å²) < 4.78 is 11.0. The molecule has 0 atom stereocenters. The average molecular weight is 298 g/mol. The zero-order valence-corrected chi connectivity index (χ0v) is 13.9. The van der Waals surface area contributed by atoms with Gasteiger partial charge in [-0.15, -0.1) is 6.42 Å². The Morgan fingerprint density at radius 2 is 1.68 bits per heavy atom. The maximum Gasteiger partial charge on any atom is 0.148 e. The van der Waals surface area contributed by atoms with E-state index in [-0.39, 0.29) is 6.61 Å². The lowest BCUT2D eigenvalue weighted by Crippen LogP contribution is -1.96. The third-order valence-electron chi connectivity index (χ3n) is 3.42. The molecule has 0 saturated carbocycles. The molecule has 0 N–H and O–H groups in total. The van der Waals surface area contributed by atoms with Crippen LogP contribution in [0.5, 0.6) is 11.5 Å². The molecule has 1 aromatic carbocycles. The second-order valence-electron chi connectivity index (χ2n) is 5.27. The summed E-state index contributed by atoms with van der Waals surface area (Å²) in [6.45, 7) is 7.39. The predicted octanol–water partition coefficient (Wildman–Crippen LogP) is 5.16. The molecule has 0 unspecified atom stereocenters. The van der Waals surface area contributed by atoms with E-state index >= 15 is 0 Å². The Kier molecular flexibility index (Phi) is 8.60. The van der Waals surface area contributed by atoms with Crippen LogP contribution in [0, 0.1) is 12.3 Å². The highest BCUT2D eigenvalue weighted by atomic mass is 16.5. The summed E-state index contributed by atoms with van der Waals surface area (Å²) in [6, 6.07) is 7.51. The van der Waals surface area contributed by atoms with Crippen LogP contribution in [0.4, 0.5) is 0 Å². The van der Waals surface area contributed by atoms with Crippen LogP contribution in [0.3, 0.4) is 0 Å². The quantitative estimate of drug-likeness (QED) is 0.463. The van der Waals surface area contributed by atoms with E-state index in [4.69, 9.17) is 15.9 Å². The largest absolute Gasteiger partial charge is 0.490 e. The lowest BCUT2D eigenvalue weighted by atomic mass is 10.1. The van der Waals surface area contributed by atoms with Gasteiger partial charge in [0.25, 0.3) is 0 Å². The maximum absolute atomic E-state index is 5.70. The van der Waals surface area contributed by atoms with Gasteiger partial charge in [-0.2, -0.15) is 0 Å². The topological polar surface area (TPSA) is 18.5 Å². The highest BCUT2D eigenvalue weighted by Gasteiger charge is 1.96. The molecule has 1 rings (SSSR count). The molecule has 0 fully saturated rings. The van der Waals surface area contributed by atoms with Crippen LogP contribution < -0.4 is 9.47 Å². The van der Waals surface area contributed by atoms with Gasteiger partial charge in [-0.1, -0.05) is 30.1 Å². The minimum Gasteiger partial charge on any atom is -0.490 e. The van der Waals surface area contributed by atoms with Crippen molar-refractivity contribution in [2.45, 2.75) is 40.0 Å². The van der Waals surface area contributed by atoms with Crippen molar-refractivity contribution in [1.29, 1.82) is 0 Å². The number of hydrogen-bond acceptors (Lipinski definition) is 2. The first kappa shape index (κ1) is 17.9. The molecule has 0 bridgehead atoms. The Hall–Kier alpha value is -2.14. The predicted molar refractivity (Wildman–Crippen MR) is 93.3 cm³/mol. The minimum atomic E-state index is 0.286. The average Bonchev–Trinajstić information content (AvgIpc) is 2.54. The first-order chi connectivity index (χ1) is 10.7. The van der Waals surface area contributed by atoms with Gasteiger partial charge in [-0.3, -0.25) is 0 Å². The van der Waals surface area contributed by atoms with Gasteiger partial charge in [0.05, 0.1) is 0 Å². The maximum atomic E-state index is 5.70. The molecule has 0 amide bonds. The van der Waals surface area contributed by atoms with Gasteiger partial charge in [0.15, 0.2) is 0 Å². The Labute approximate surface area is 134 Å². The number of terminal acetylenes is 1. The SMILES string of the molecule is C#CCOc1ccc(OCC=C(C)CCC=C(C)CC)cc1. The molecular formula is C20H26O2. The lowest BCUT2D eigenvalue weighted by molar-refractivity contribution is 0.355. The summed E-state index contributed by atoms with van der Waals surface area (Å²) in [5.41, 5.74) is 2.81. The van der Waals surface area contributed by atoms with Crippen LogP contribution in [0.2, 0.25) is 0 Å². The molecule has 0 heterocycles. The highest BCUT2D eigenvalue weighted by molar-refractivity contribution is 5.31. The Balaban J connectivity index is 2.33. The molecule has 1 aromatic rings. The fraction of sp³-hybridized carbons (Fsp3) is 0.400. The van der Waals surface area contributed by atoms with E-state index in [1.807, 2.05) is 24.3 Å². The molecule has 2 heteroatoms. The third-order valence-corrected chi connectivity index (χ3v) is 3.42. The van der Waals surface area contributed by atoms with Crippen LogP contribution in [-0.4, -0.2) is 13.2 Å². The van der Waals surface area contributed by atoms with Gasteiger partial charge in [0.1, 0.15) is 24.7 Å². The molecule has 0 radical (unpaired) electrons. The van der Waals surface area contributed by atoms with E-state index in [2.05, 4.69) is 38.8 Å². The van der Waals surface area contributed by atoms with E-state index in [0.29, 0.717) is 6.61 Å². The molecule has 0 aliphatic rings. The smallest absolute Gasteiger partial charge is 0.148 e. The molecule has 2 nitrogen and oxygen atoms in total. The van der Waals surface area contributed by atoms with E-state index < -0.39 is 0 Å². The molecule has 22 heavy (non-hydrogen) atoms. The molecule has 0 aliphatic carbocycles. The second kappa shape index (κ2) is 10.6. The van der Waals surface area contributed by atoms with Crippen LogP contribution in [0.1, 0.15) is 40.0 Å². The molecule has 118 valence electrons. The van der Waals surface area contributed by atoms with Gasteiger partial charge in [0, 0.05) is 0 Å². The Bertz CT molecular complexity index is 530. The van der Waals surface area contributed by atoms with E-state index in [1.54, 1.807) is 0 Å². The lowest BCUT2D eigenvalue weighted by Gasteiger charge is -2.06. The van der Waals surface area contributed by atoms with Crippen molar-refractivity contribution < 1.29 is 9.47 Å². The van der Waals surface area contributed by atoms with Crippen molar-refractivity contribution in [3.63, 3.8) is 0 Å². The zero-order chi connectivity index (χ0) is 16.2. The zero-order valence-electron chi connectivity index (χ0n) is 13.9. The monoisotopic (exact) mass is 298 g/mol. The van der Waals surface area contributed by atoms with Crippen LogP contribution in [0.15, 0.2) is 47.6 Å². The van der Waals surface area contributed by atoms with Crippen molar-refractivity contribution in [1.82, 2.24) is 0 Å². The van der Waals surface area contributed by atoms with E-state index in [9.17, 15) is 0 Å². The summed E-state index contributed by atoms with van der Waals surface area (Å²) in [5.74, 6) is 4.03. The second-order valence-corrected chi connectivity index (χ2v) is 5.27. The summed E-state index contributed by atoms with van der Waals surface area (Å²) in [5, 5.41) is 0. The molecular weight excluding hydrogens is 272 g/mol. The van der Waals surface area contributed by atoms with Crippen molar-refractivity contribution in [2.75, 3.05) is 13.2 Å². The number of rotatable bonds is 9. The van der Waals surface area contributed by atoms with Crippen LogP contribution in [-0.2, 0) is 0 Å². The first-order valence-electron chi connectivity index (χ1n) is 7.76. The van der Waals surface area contributed by atoms with Gasteiger partial charge in [-0.05, 0) is 63.5 Å². The normalized spacial score (nSPS) is 11.9. The summed E-state index contributed by atoms with van der Waals surface area (Å²) in [4.78, 5) is 0. The number of benzene rings is 1.